The minimum atomic E-state index is 0.0591. The molecule has 0 saturated carbocycles. The van der Waals surface area contributed by atoms with Crippen LogP contribution in [0.2, 0.25) is 0 Å². The SMILES string of the molecule is CSCC(=O)NCCCN(CCCNC(=O)CSC)CCCN(CCCCN(CCCN(CCCNC(=O)CSC)CCCNC(=O)CSC)CCCN(CCCNC(=O)CSC)CCCNC(=O)CSC)CCCN(CCCNC(=O)CSC)CCCNC(=O)CSC. The molecule has 0 atom stereocenters. The molecular weight excluding hydrogens is 1350 g/mol. The molecule has 0 aliphatic heterocycles. The number of nitrogens with one attached hydrogen (secondary N) is 8. The van der Waals surface area contributed by atoms with Gasteiger partial charge in [-0.25, -0.2) is 0 Å². The number of unbranched alkanes of at least 4 members (excludes halogenated alkanes) is 1. The highest BCUT2D eigenvalue weighted by Crippen LogP contribution is 2.10. The molecule has 8 N–H and O–H groups in total. The van der Waals surface area contributed by atoms with Gasteiger partial charge in [0.25, 0.3) is 0 Å². The zero-order valence-electron chi connectivity index (χ0n) is 59.2. The molecule has 0 unspecified atom stereocenters. The summed E-state index contributed by atoms with van der Waals surface area (Å²) < 4.78 is 0. The molecule has 0 spiro atoms. The van der Waals surface area contributed by atoms with Gasteiger partial charge in [-0.05, 0) is 258 Å². The monoisotopic (exact) mass is 1480 g/mol. The summed E-state index contributed by atoms with van der Waals surface area (Å²) in [6.45, 7) is 21.2. The fourth-order valence-electron chi connectivity index (χ4n) is 10.5. The summed E-state index contributed by atoms with van der Waals surface area (Å²) in [5, 5.41) is 24.6. The molecule has 0 aliphatic rings. The first-order chi connectivity index (χ1) is 45.7. The van der Waals surface area contributed by atoms with E-state index in [4.69, 9.17) is 0 Å². The summed E-state index contributed by atoms with van der Waals surface area (Å²) in [5.74, 6) is 4.08. The molecule has 8 amide bonds. The van der Waals surface area contributed by atoms with E-state index in [2.05, 4.69) is 71.9 Å². The first kappa shape index (κ1) is 92.3. The molecule has 550 valence electrons. The van der Waals surface area contributed by atoms with Crippen molar-refractivity contribution in [3.05, 3.63) is 0 Å². The van der Waals surface area contributed by atoms with Crippen molar-refractivity contribution in [2.45, 2.75) is 89.9 Å². The highest BCUT2D eigenvalue weighted by atomic mass is 32.2. The molecule has 22 nitrogen and oxygen atoms in total. The van der Waals surface area contributed by atoms with Crippen LogP contribution in [-0.4, -0.2) is 343 Å². The lowest BCUT2D eigenvalue weighted by atomic mass is 10.2. The van der Waals surface area contributed by atoms with Crippen molar-refractivity contribution in [3.63, 3.8) is 0 Å². The molecule has 0 radical (unpaired) electrons. The van der Waals surface area contributed by atoms with Crippen LogP contribution in [0.25, 0.3) is 0 Å². The van der Waals surface area contributed by atoms with E-state index in [1.807, 2.05) is 50.0 Å². The number of thioether (sulfide) groups is 8. The van der Waals surface area contributed by atoms with Crippen LogP contribution < -0.4 is 42.5 Å². The summed E-state index contributed by atoms with van der Waals surface area (Å²) >= 11 is 12.2. The smallest absolute Gasteiger partial charge is 0.229 e. The summed E-state index contributed by atoms with van der Waals surface area (Å²) in [7, 11) is 0. The Labute approximate surface area is 603 Å². The zero-order chi connectivity index (χ0) is 69.3. The maximum absolute atomic E-state index is 12.3. The minimum Gasteiger partial charge on any atom is -0.355 e. The van der Waals surface area contributed by atoms with E-state index in [9.17, 15) is 38.4 Å². The molecule has 0 aromatic rings. The van der Waals surface area contributed by atoms with E-state index in [0.29, 0.717) is 98.4 Å². The summed E-state index contributed by atoms with van der Waals surface area (Å²) in [6, 6.07) is 0. The quantitative estimate of drug-likeness (QED) is 0.0399. The highest BCUT2D eigenvalue weighted by molar-refractivity contribution is 8.00. The van der Waals surface area contributed by atoms with E-state index >= 15 is 0 Å². The predicted molar refractivity (Wildman–Crippen MR) is 414 cm³/mol. The van der Waals surface area contributed by atoms with E-state index in [1.165, 1.54) is 94.1 Å². The number of hydrogen-bond donors (Lipinski definition) is 8. The van der Waals surface area contributed by atoms with Crippen LogP contribution >= 0.6 is 94.1 Å². The van der Waals surface area contributed by atoms with Crippen LogP contribution in [0.1, 0.15) is 89.9 Å². The average Bonchev–Trinajstić information content (AvgIpc) is 3.73. The number of carbonyl (C=O) groups excluding carboxylic acids is 8. The van der Waals surface area contributed by atoms with Gasteiger partial charge in [-0.1, -0.05) is 0 Å². The van der Waals surface area contributed by atoms with Gasteiger partial charge in [0.1, 0.15) is 0 Å². The lowest BCUT2D eigenvalue weighted by Crippen LogP contribution is -2.37. The molecule has 0 fully saturated rings. The normalized spacial score (nSPS) is 11.5. The second-order valence-corrected chi connectivity index (χ2v) is 30.2. The Balaban J connectivity index is 6.75. The Hall–Kier alpha value is -1.68. The topological polar surface area (TPSA) is 252 Å². The molecule has 0 bridgehead atoms. The van der Waals surface area contributed by atoms with Gasteiger partial charge in [-0.3, -0.25) is 38.4 Å². The predicted octanol–water partition coefficient (Wildman–Crippen LogP) is 4.09. The van der Waals surface area contributed by atoms with Crippen LogP contribution in [0.5, 0.6) is 0 Å². The minimum absolute atomic E-state index is 0.0591. The Morgan fingerprint density at radius 2 is 0.287 bits per heavy atom. The first-order valence-electron chi connectivity index (χ1n) is 34.1. The van der Waals surface area contributed by atoms with Gasteiger partial charge in [0.2, 0.25) is 47.3 Å². The number of nitrogens with zero attached hydrogens (tertiary/aromatic N) is 6. The maximum atomic E-state index is 12.3. The third-order valence-corrected chi connectivity index (χ3v) is 19.4. The molecule has 0 aliphatic carbocycles. The standard InChI is InChI=1S/C64H128N14O8S8/c1-87-49-57(79)65-23-11-33-75(34-12-24-66-58(80)50-88-2)45-19-41-73(42-20-46-76(35-13-25-67-59(81)51-89-3)36-14-26-68-60(82)52-90-4)31-9-10-32-74(43-21-47-77(37-15-27-69-61(83)53-91-5)38-16-28-70-62(84)54-92-6)44-22-48-78(39-17-29-71-63(85)55-93-7)40-18-30-72-64(86)56-94-8/h9-56H2,1-8H3,(H,65,79)(H,66,80)(H,67,81)(H,68,82)(H,69,83)(H,70,84)(H,71,85)(H,72,86). The van der Waals surface area contributed by atoms with E-state index in [0.717, 1.165) is 208 Å². The number of rotatable bonds is 69. The Morgan fingerprint density at radius 3 is 0.404 bits per heavy atom. The highest BCUT2D eigenvalue weighted by Gasteiger charge is 2.16. The van der Waals surface area contributed by atoms with Gasteiger partial charge >= 0.3 is 0 Å². The molecular formula is C64H128N14O8S8. The maximum Gasteiger partial charge on any atom is 0.229 e. The van der Waals surface area contributed by atoms with E-state index in [-0.39, 0.29) is 47.3 Å². The second kappa shape index (κ2) is 68.5. The van der Waals surface area contributed by atoms with Crippen LogP contribution in [-0.2, 0) is 38.4 Å². The Kier molecular flexibility index (Phi) is 67.2. The van der Waals surface area contributed by atoms with Gasteiger partial charge in [0.15, 0.2) is 0 Å². The summed E-state index contributed by atoms with van der Waals surface area (Å²) in [6.07, 6.45) is 28.3. The summed E-state index contributed by atoms with van der Waals surface area (Å²) in [5.41, 5.74) is 0. The molecule has 0 heterocycles. The molecule has 0 saturated heterocycles. The van der Waals surface area contributed by atoms with Crippen LogP contribution in [0.15, 0.2) is 0 Å². The van der Waals surface area contributed by atoms with E-state index < -0.39 is 0 Å². The van der Waals surface area contributed by atoms with Gasteiger partial charge in [0.05, 0.1) is 46.0 Å². The lowest BCUT2D eigenvalue weighted by molar-refractivity contribution is -0.119. The van der Waals surface area contributed by atoms with Crippen LogP contribution in [0, 0.1) is 0 Å². The third kappa shape index (κ3) is 60.3. The van der Waals surface area contributed by atoms with Crippen molar-refractivity contribution in [2.75, 3.05) is 266 Å². The van der Waals surface area contributed by atoms with Crippen molar-refractivity contribution in [1.29, 1.82) is 0 Å². The van der Waals surface area contributed by atoms with Gasteiger partial charge in [-0.15, -0.1) is 0 Å². The Bertz CT molecular complexity index is 1570. The molecule has 0 aromatic carbocycles. The van der Waals surface area contributed by atoms with Crippen LogP contribution in [0.3, 0.4) is 0 Å². The number of amides is 8. The van der Waals surface area contributed by atoms with Crippen molar-refractivity contribution in [2.24, 2.45) is 0 Å². The second-order valence-electron chi connectivity index (χ2n) is 23.3. The fraction of sp³-hybridized carbons (Fsp3) is 0.875. The summed E-state index contributed by atoms with van der Waals surface area (Å²) in [4.78, 5) is 114. The first-order valence-corrected chi connectivity index (χ1v) is 45.2. The largest absolute Gasteiger partial charge is 0.355 e. The van der Waals surface area contributed by atoms with Crippen molar-refractivity contribution in [1.82, 2.24) is 71.9 Å². The van der Waals surface area contributed by atoms with E-state index in [1.54, 1.807) is 0 Å². The molecule has 0 rings (SSSR count). The van der Waals surface area contributed by atoms with Crippen molar-refractivity contribution in [3.8, 4) is 0 Å². The van der Waals surface area contributed by atoms with Crippen molar-refractivity contribution < 1.29 is 38.4 Å². The van der Waals surface area contributed by atoms with Gasteiger partial charge in [-0.2, -0.15) is 94.1 Å². The van der Waals surface area contributed by atoms with Crippen molar-refractivity contribution >= 4 is 141 Å². The molecule has 94 heavy (non-hydrogen) atoms. The van der Waals surface area contributed by atoms with Gasteiger partial charge in [0, 0.05) is 52.4 Å². The number of hydrogen-bond acceptors (Lipinski definition) is 22. The lowest BCUT2D eigenvalue weighted by Gasteiger charge is -2.29. The van der Waals surface area contributed by atoms with Gasteiger partial charge < -0.3 is 71.9 Å². The fourth-order valence-corrected chi connectivity index (χ4v) is 13.4. The molecule has 0 aromatic heterocycles. The average molecular weight is 1480 g/mol. The van der Waals surface area contributed by atoms with Crippen LogP contribution in [0.4, 0.5) is 0 Å². The Morgan fingerprint density at radius 1 is 0.181 bits per heavy atom. The zero-order valence-corrected chi connectivity index (χ0v) is 65.7. The molecule has 30 heteroatoms. The number of carbonyl (C=O) groups is 8. The third-order valence-electron chi connectivity index (χ3n) is 15.0.